The molecule has 30 heavy (non-hydrogen) atoms. The molecule has 0 N–H and O–H groups in total. The van der Waals surface area contributed by atoms with Crippen LogP contribution in [0.1, 0.15) is 5.56 Å². The van der Waals surface area contributed by atoms with E-state index in [9.17, 15) is 4.79 Å². The number of methoxy groups -OCH3 is 1. The van der Waals surface area contributed by atoms with Crippen molar-refractivity contribution in [1.82, 2.24) is 9.88 Å². The van der Waals surface area contributed by atoms with Crippen LogP contribution < -0.4 is 14.4 Å². The molecule has 0 radical (unpaired) electrons. The maximum atomic E-state index is 13.0. The number of carbonyl (C=O) groups is 1. The summed E-state index contributed by atoms with van der Waals surface area (Å²) >= 11 is 7.72. The van der Waals surface area contributed by atoms with Crippen LogP contribution in [0, 0.1) is 6.92 Å². The number of carbonyl (C=O) groups excluding carboxylic acids is 1. The molecule has 0 unspecified atom stereocenters. The molecule has 0 aliphatic carbocycles. The van der Waals surface area contributed by atoms with Gasteiger partial charge < -0.3 is 14.4 Å². The Kier molecular flexibility index (Phi) is 8.73. The van der Waals surface area contributed by atoms with Gasteiger partial charge in [-0.3, -0.25) is 9.69 Å². The van der Waals surface area contributed by atoms with Crippen LogP contribution in [-0.4, -0.2) is 56.7 Å². The first-order valence-electron chi connectivity index (χ1n) is 9.16. The van der Waals surface area contributed by atoms with E-state index in [0.717, 1.165) is 10.3 Å². The minimum absolute atomic E-state index is 0. The largest absolute Gasteiger partial charge is 0.494 e. The fraction of sp³-hybridized carbons (Fsp3) is 0.333. The minimum Gasteiger partial charge on any atom is -0.494 e. The Bertz CT molecular complexity index is 1010. The van der Waals surface area contributed by atoms with Gasteiger partial charge in [0.25, 0.3) is 5.91 Å². The molecular formula is C21H25Cl2N3O3S. The van der Waals surface area contributed by atoms with E-state index in [1.807, 2.05) is 50.2 Å². The fourth-order valence-corrected chi connectivity index (χ4v) is 4.08. The van der Waals surface area contributed by atoms with E-state index >= 15 is 0 Å². The standard InChI is InChI=1S/C21H24ClN3O3S.ClH/c1-14-6-5-7-15(12-14)28-13-18(26)25(11-10-24(2)3)21-23-19-17(27-4)9-8-16(22)20(19)29-21;/h5-9,12H,10-11,13H2,1-4H3;1H. The topological polar surface area (TPSA) is 54.9 Å². The molecule has 1 aromatic heterocycles. The number of aromatic nitrogens is 1. The molecule has 0 saturated carbocycles. The first-order valence-corrected chi connectivity index (χ1v) is 10.4. The lowest BCUT2D eigenvalue weighted by Gasteiger charge is -2.22. The van der Waals surface area contributed by atoms with E-state index in [4.69, 9.17) is 21.1 Å². The highest BCUT2D eigenvalue weighted by molar-refractivity contribution is 7.23. The molecule has 1 amide bonds. The van der Waals surface area contributed by atoms with Crippen molar-refractivity contribution in [3.05, 3.63) is 47.0 Å². The van der Waals surface area contributed by atoms with Gasteiger partial charge in [-0.2, -0.15) is 0 Å². The summed E-state index contributed by atoms with van der Waals surface area (Å²) in [5.74, 6) is 1.13. The number of benzene rings is 2. The lowest BCUT2D eigenvalue weighted by Crippen LogP contribution is -2.39. The molecule has 0 spiro atoms. The molecule has 0 aliphatic heterocycles. The van der Waals surface area contributed by atoms with Crippen molar-refractivity contribution in [1.29, 1.82) is 0 Å². The Morgan fingerprint density at radius 3 is 2.63 bits per heavy atom. The molecule has 3 aromatic rings. The third-order valence-corrected chi connectivity index (χ3v) is 5.86. The number of thiazole rings is 1. The van der Waals surface area contributed by atoms with Gasteiger partial charge in [-0.1, -0.05) is 35.1 Å². The normalized spacial score (nSPS) is 10.7. The molecule has 2 aromatic carbocycles. The molecule has 162 valence electrons. The first-order chi connectivity index (χ1) is 13.9. The average molecular weight is 470 g/mol. The Hall–Kier alpha value is -2.06. The Labute approximate surface area is 191 Å². The summed E-state index contributed by atoms with van der Waals surface area (Å²) in [6.45, 7) is 3.09. The number of anilines is 1. The second-order valence-electron chi connectivity index (χ2n) is 6.88. The number of nitrogens with zero attached hydrogens (tertiary/aromatic N) is 3. The van der Waals surface area contributed by atoms with Gasteiger partial charge >= 0.3 is 0 Å². The summed E-state index contributed by atoms with van der Waals surface area (Å²) in [7, 11) is 5.51. The molecule has 1 heterocycles. The van der Waals surface area contributed by atoms with Crippen molar-refractivity contribution in [2.24, 2.45) is 0 Å². The Morgan fingerprint density at radius 2 is 1.97 bits per heavy atom. The smallest absolute Gasteiger partial charge is 0.266 e. The zero-order chi connectivity index (χ0) is 21.0. The highest BCUT2D eigenvalue weighted by Gasteiger charge is 2.22. The van der Waals surface area contributed by atoms with Gasteiger partial charge in [-0.15, -0.1) is 12.4 Å². The van der Waals surface area contributed by atoms with E-state index < -0.39 is 0 Å². The molecule has 0 atom stereocenters. The average Bonchev–Trinajstić information content (AvgIpc) is 3.12. The van der Waals surface area contributed by atoms with Gasteiger partial charge in [0.2, 0.25) is 0 Å². The number of rotatable bonds is 8. The van der Waals surface area contributed by atoms with Gasteiger partial charge in [-0.05, 0) is 50.8 Å². The maximum Gasteiger partial charge on any atom is 0.266 e. The van der Waals surface area contributed by atoms with E-state index in [1.165, 1.54) is 11.3 Å². The lowest BCUT2D eigenvalue weighted by atomic mass is 10.2. The number of fused-ring (bicyclic) bond motifs is 1. The van der Waals surface area contributed by atoms with Crippen LogP contribution in [0.15, 0.2) is 36.4 Å². The number of hydrogen-bond donors (Lipinski definition) is 0. The maximum absolute atomic E-state index is 13.0. The number of aryl methyl sites for hydroxylation is 1. The predicted octanol–water partition coefficient (Wildman–Crippen LogP) is 4.66. The van der Waals surface area contributed by atoms with Crippen molar-refractivity contribution in [3.63, 3.8) is 0 Å². The van der Waals surface area contributed by atoms with Crippen molar-refractivity contribution in [2.45, 2.75) is 6.92 Å². The third kappa shape index (κ3) is 5.76. The highest BCUT2D eigenvalue weighted by atomic mass is 35.5. The SMILES string of the molecule is COc1ccc(Cl)c2sc(N(CCN(C)C)C(=O)COc3cccc(C)c3)nc12.Cl. The molecule has 3 rings (SSSR count). The monoisotopic (exact) mass is 469 g/mol. The van der Waals surface area contributed by atoms with E-state index in [-0.39, 0.29) is 24.9 Å². The molecule has 6 nitrogen and oxygen atoms in total. The number of likely N-dealkylation sites (N-methyl/N-ethyl adjacent to an activating group) is 1. The molecular weight excluding hydrogens is 445 g/mol. The number of ether oxygens (including phenoxy) is 2. The molecule has 9 heteroatoms. The number of amides is 1. The van der Waals surface area contributed by atoms with Gasteiger partial charge in [0, 0.05) is 13.1 Å². The van der Waals surface area contributed by atoms with Gasteiger partial charge in [-0.25, -0.2) is 4.98 Å². The van der Waals surface area contributed by atoms with Crippen molar-refractivity contribution >= 4 is 56.6 Å². The quantitative estimate of drug-likeness (QED) is 0.479. The highest BCUT2D eigenvalue weighted by Crippen LogP contribution is 2.38. The summed E-state index contributed by atoms with van der Waals surface area (Å²) in [6.07, 6.45) is 0. The van der Waals surface area contributed by atoms with Crippen LogP contribution in [0.5, 0.6) is 11.5 Å². The van der Waals surface area contributed by atoms with Crippen LogP contribution in [0.4, 0.5) is 5.13 Å². The molecule has 0 saturated heterocycles. The predicted molar refractivity (Wildman–Crippen MR) is 126 cm³/mol. The summed E-state index contributed by atoms with van der Waals surface area (Å²) < 4.78 is 11.9. The van der Waals surface area contributed by atoms with E-state index in [2.05, 4.69) is 4.98 Å². The van der Waals surface area contributed by atoms with Crippen LogP contribution in [0.2, 0.25) is 5.02 Å². The summed E-state index contributed by atoms with van der Waals surface area (Å²) in [6, 6.07) is 11.2. The Morgan fingerprint density at radius 1 is 1.20 bits per heavy atom. The summed E-state index contributed by atoms with van der Waals surface area (Å²) in [5.41, 5.74) is 1.73. The van der Waals surface area contributed by atoms with E-state index in [0.29, 0.717) is 40.3 Å². The first kappa shape index (κ1) is 24.2. The lowest BCUT2D eigenvalue weighted by molar-refractivity contribution is -0.120. The minimum atomic E-state index is -0.164. The fourth-order valence-electron chi connectivity index (χ4n) is 2.78. The molecule has 0 bridgehead atoms. The second kappa shape index (κ2) is 10.8. The van der Waals surface area contributed by atoms with Crippen molar-refractivity contribution < 1.29 is 14.3 Å². The second-order valence-corrected chi connectivity index (χ2v) is 8.26. The summed E-state index contributed by atoms with van der Waals surface area (Å²) in [4.78, 5) is 21.3. The van der Waals surface area contributed by atoms with Crippen LogP contribution in [-0.2, 0) is 4.79 Å². The number of hydrogen-bond acceptors (Lipinski definition) is 6. The van der Waals surface area contributed by atoms with E-state index in [1.54, 1.807) is 24.1 Å². The molecule has 0 fully saturated rings. The zero-order valence-corrected chi connectivity index (χ0v) is 19.7. The van der Waals surface area contributed by atoms with Crippen molar-refractivity contribution in [2.75, 3.05) is 45.8 Å². The third-order valence-electron chi connectivity index (χ3n) is 4.32. The van der Waals surface area contributed by atoms with Crippen LogP contribution in [0.3, 0.4) is 0 Å². The number of halogens is 2. The van der Waals surface area contributed by atoms with Crippen LogP contribution >= 0.6 is 35.3 Å². The zero-order valence-electron chi connectivity index (χ0n) is 17.3. The summed E-state index contributed by atoms with van der Waals surface area (Å²) in [5, 5.41) is 1.16. The van der Waals surface area contributed by atoms with Crippen molar-refractivity contribution in [3.8, 4) is 11.5 Å². The van der Waals surface area contributed by atoms with Crippen LogP contribution in [0.25, 0.3) is 10.2 Å². The van der Waals surface area contributed by atoms with Gasteiger partial charge in [0.1, 0.15) is 17.0 Å². The Balaban J connectivity index is 0.00000320. The van der Waals surface area contributed by atoms with Gasteiger partial charge in [0.15, 0.2) is 11.7 Å². The molecule has 0 aliphatic rings. The van der Waals surface area contributed by atoms with Gasteiger partial charge in [0.05, 0.1) is 16.8 Å².